The molecule has 0 saturated heterocycles. The summed E-state index contributed by atoms with van der Waals surface area (Å²) in [6.07, 6.45) is 3.99. The summed E-state index contributed by atoms with van der Waals surface area (Å²) in [5, 5.41) is 0. The van der Waals surface area contributed by atoms with Crippen molar-refractivity contribution in [3.8, 4) is 17.6 Å². The number of pyridine rings is 1. The van der Waals surface area contributed by atoms with E-state index in [1.54, 1.807) is 6.20 Å². The monoisotopic (exact) mass is 265 g/mol. The number of ether oxygens (including phenoxy) is 1. The lowest BCUT2D eigenvalue weighted by Crippen LogP contribution is -1.92. The molecule has 2 nitrogen and oxygen atoms in total. The van der Waals surface area contributed by atoms with Crippen molar-refractivity contribution in [1.29, 1.82) is 0 Å². The number of aryl methyl sites for hydroxylation is 1. The number of rotatable bonds is 4. The topological polar surface area (TPSA) is 22.1 Å². The van der Waals surface area contributed by atoms with E-state index in [1.165, 1.54) is 12.0 Å². The number of aromatic nitrogens is 1. The minimum Gasteiger partial charge on any atom is -0.492 e. The molecule has 0 radical (unpaired) electrons. The number of hydrogen-bond donors (Lipinski definition) is 0. The summed E-state index contributed by atoms with van der Waals surface area (Å²) in [6, 6.07) is 12.2. The second kappa shape index (κ2) is 7.35. The highest BCUT2D eigenvalue weighted by atomic mass is 16.5. The average Bonchev–Trinajstić information content (AvgIpc) is 2.49. The fourth-order valence-corrected chi connectivity index (χ4v) is 1.89. The molecule has 0 fully saturated rings. The van der Waals surface area contributed by atoms with Crippen LogP contribution in [0.1, 0.15) is 37.1 Å². The molecule has 0 unspecified atom stereocenters. The normalized spacial score (nSPS) is 9.70. The van der Waals surface area contributed by atoms with Crippen LogP contribution in [0.3, 0.4) is 0 Å². The quantitative estimate of drug-likeness (QED) is 0.784. The molecule has 0 atom stereocenters. The first-order chi connectivity index (χ1) is 9.81. The minimum absolute atomic E-state index is 0.650. The third-order valence-corrected chi connectivity index (χ3v) is 2.87. The molecular weight excluding hydrogens is 246 g/mol. The van der Waals surface area contributed by atoms with Crippen molar-refractivity contribution in [3.05, 3.63) is 59.4 Å². The van der Waals surface area contributed by atoms with E-state index in [1.807, 2.05) is 19.1 Å². The predicted molar refractivity (Wildman–Crippen MR) is 81.8 cm³/mol. The summed E-state index contributed by atoms with van der Waals surface area (Å²) < 4.78 is 5.35. The molecule has 0 N–H and O–H groups in total. The highest BCUT2D eigenvalue weighted by molar-refractivity contribution is 5.41. The Labute approximate surface area is 120 Å². The van der Waals surface area contributed by atoms with Crippen molar-refractivity contribution in [2.45, 2.75) is 26.7 Å². The first-order valence-electron chi connectivity index (χ1n) is 7.01. The van der Waals surface area contributed by atoms with Crippen LogP contribution in [0, 0.1) is 11.8 Å². The molecule has 2 heteroatoms. The van der Waals surface area contributed by atoms with Gasteiger partial charge >= 0.3 is 0 Å². The summed E-state index contributed by atoms with van der Waals surface area (Å²) in [5.41, 5.74) is 3.13. The van der Waals surface area contributed by atoms with E-state index in [2.05, 4.69) is 48.0 Å². The van der Waals surface area contributed by atoms with Crippen molar-refractivity contribution in [1.82, 2.24) is 4.98 Å². The maximum Gasteiger partial charge on any atom is 0.137 e. The van der Waals surface area contributed by atoms with Crippen molar-refractivity contribution in [2.75, 3.05) is 6.61 Å². The Morgan fingerprint density at radius 1 is 1.00 bits per heavy atom. The fourth-order valence-electron chi connectivity index (χ4n) is 1.89. The predicted octanol–water partition coefficient (Wildman–Crippen LogP) is 3.83. The van der Waals surface area contributed by atoms with Gasteiger partial charge in [-0.25, -0.2) is 4.98 Å². The lowest BCUT2D eigenvalue weighted by atomic mass is 10.1. The summed E-state index contributed by atoms with van der Waals surface area (Å²) >= 11 is 0. The highest BCUT2D eigenvalue weighted by Gasteiger charge is 1.94. The lowest BCUT2D eigenvalue weighted by Gasteiger charge is -2.00. The molecule has 0 bridgehead atoms. The third-order valence-electron chi connectivity index (χ3n) is 2.87. The van der Waals surface area contributed by atoms with Crippen LogP contribution in [-0.2, 0) is 6.42 Å². The van der Waals surface area contributed by atoms with Gasteiger partial charge in [-0.3, -0.25) is 0 Å². The standard InChI is InChI=1S/C18H19NO/c1-3-5-15-6-8-16(9-7-15)10-11-17-12-13-18(14-19-17)20-4-2/h6-9,12-14H,3-5H2,1-2H3. The Morgan fingerprint density at radius 3 is 2.40 bits per heavy atom. The van der Waals surface area contributed by atoms with Gasteiger partial charge in [0, 0.05) is 5.56 Å². The maximum absolute atomic E-state index is 5.35. The van der Waals surface area contributed by atoms with E-state index in [4.69, 9.17) is 4.74 Å². The first kappa shape index (κ1) is 14.1. The second-order valence-corrected chi connectivity index (χ2v) is 4.51. The Hall–Kier alpha value is -2.27. The van der Waals surface area contributed by atoms with Crippen LogP contribution in [0.15, 0.2) is 42.6 Å². The van der Waals surface area contributed by atoms with Gasteiger partial charge in [0.1, 0.15) is 11.4 Å². The molecule has 1 aromatic heterocycles. The van der Waals surface area contributed by atoms with Gasteiger partial charge in [0.05, 0.1) is 12.8 Å². The molecule has 102 valence electrons. The first-order valence-corrected chi connectivity index (χ1v) is 7.01. The van der Waals surface area contributed by atoms with Gasteiger partial charge in [0.2, 0.25) is 0 Å². The lowest BCUT2D eigenvalue weighted by molar-refractivity contribution is 0.339. The zero-order valence-electron chi connectivity index (χ0n) is 12.0. The van der Waals surface area contributed by atoms with Crippen LogP contribution < -0.4 is 4.74 Å². The minimum atomic E-state index is 0.650. The van der Waals surface area contributed by atoms with E-state index in [-0.39, 0.29) is 0 Å². The molecule has 0 aliphatic heterocycles. The molecule has 0 saturated carbocycles. The summed E-state index contributed by atoms with van der Waals surface area (Å²) in [6.45, 7) is 4.79. The second-order valence-electron chi connectivity index (χ2n) is 4.51. The summed E-state index contributed by atoms with van der Waals surface area (Å²) in [5.74, 6) is 6.97. The van der Waals surface area contributed by atoms with E-state index < -0.39 is 0 Å². The van der Waals surface area contributed by atoms with Gasteiger partial charge in [-0.1, -0.05) is 31.4 Å². The molecule has 0 spiro atoms. The number of hydrogen-bond acceptors (Lipinski definition) is 2. The van der Waals surface area contributed by atoms with Crippen LogP contribution in [0.5, 0.6) is 5.75 Å². The molecule has 0 aliphatic rings. The van der Waals surface area contributed by atoms with E-state index in [9.17, 15) is 0 Å². The SMILES string of the molecule is CCCc1ccc(C#Cc2ccc(OCC)cn2)cc1. The van der Waals surface area contributed by atoms with Gasteiger partial charge in [0.15, 0.2) is 0 Å². The van der Waals surface area contributed by atoms with Crippen LogP contribution >= 0.6 is 0 Å². The molecule has 2 aromatic rings. The van der Waals surface area contributed by atoms with Gasteiger partial charge in [0.25, 0.3) is 0 Å². The van der Waals surface area contributed by atoms with E-state index in [0.29, 0.717) is 6.61 Å². The average molecular weight is 265 g/mol. The largest absolute Gasteiger partial charge is 0.492 e. The maximum atomic E-state index is 5.35. The van der Waals surface area contributed by atoms with E-state index in [0.717, 1.165) is 23.4 Å². The fraction of sp³-hybridized carbons (Fsp3) is 0.278. The highest BCUT2D eigenvalue weighted by Crippen LogP contribution is 2.09. The van der Waals surface area contributed by atoms with Gasteiger partial charge < -0.3 is 4.74 Å². The van der Waals surface area contributed by atoms with E-state index >= 15 is 0 Å². The van der Waals surface area contributed by atoms with Crippen LogP contribution in [0.4, 0.5) is 0 Å². The van der Waals surface area contributed by atoms with Gasteiger partial charge in [-0.2, -0.15) is 0 Å². The Kier molecular flexibility index (Phi) is 5.20. The third kappa shape index (κ3) is 4.13. The molecule has 0 aliphatic carbocycles. The summed E-state index contributed by atoms with van der Waals surface area (Å²) in [4.78, 5) is 4.26. The van der Waals surface area contributed by atoms with Crippen molar-refractivity contribution in [2.24, 2.45) is 0 Å². The van der Waals surface area contributed by atoms with Crippen molar-refractivity contribution in [3.63, 3.8) is 0 Å². The molecule has 20 heavy (non-hydrogen) atoms. The summed E-state index contributed by atoms with van der Waals surface area (Å²) in [7, 11) is 0. The molecule has 1 heterocycles. The zero-order valence-corrected chi connectivity index (χ0v) is 12.0. The van der Waals surface area contributed by atoms with Crippen LogP contribution in [-0.4, -0.2) is 11.6 Å². The van der Waals surface area contributed by atoms with Gasteiger partial charge in [-0.05, 0) is 49.1 Å². The molecule has 2 rings (SSSR count). The van der Waals surface area contributed by atoms with Gasteiger partial charge in [-0.15, -0.1) is 0 Å². The number of benzene rings is 1. The Morgan fingerprint density at radius 2 is 1.80 bits per heavy atom. The van der Waals surface area contributed by atoms with Crippen LogP contribution in [0.25, 0.3) is 0 Å². The Bertz CT molecular complexity index is 535. The van der Waals surface area contributed by atoms with Crippen LogP contribution in [0.2, 0.25) is 0 Å². The zero-order chi connectivity index (χ0) is 14.2. The Balaban J connectivity index is 2.05. The number of nitrogens with zero attached hydrogens (tertiary/aromatic N) is 1. The molecule has 1 aromatic carbocycles. The van der Waals surface area contributed by atoms with Crippen molar-refractivity contribution < 1.29 is 4.74 Å². The smallest absolute Gasteiger partial charge is 0.137 e. The van der Waals surface area contributed by atoms with Crippen molar-refractivity contribution >= 4 is 0 Å². The molecular formula is C18H19NO. The molecule has 0 amide bonds.